The van der Waals surface area contributed by atoms with Crippen molar-refractivity contribution in [3.05, 3.63) is 11.1 Å². The number of carboxylic acids is 1. The Balaban J connectivity index is 2.49. The number of hydrogen-bond acceptors (Lipinski definition) is 4. The molecular weight excluding hydrogens is 276 g/mol. The Kier molecular flexibility index (Phi) is 6.20. The first kappa shape index (κ1) is 17.0. The second-order valence-corrected chi connectivity index (χ2v) is 4.99. The molecule has 1 fully saturated rings. The van der Waals surface area contributed by atoms with Crippen LogP contribution in [0, 0.1) is 0 Å². The number of nitrogens with zero attached hydrogens (tertiary/aromatic N) is 1. The lowest BCUT2D eigenvalue weighted by Crippen LogP contribution is -2.47. The molecule has 0 aliphatic carbocycles. The van der Waals surface area contributed by atoms with Gasteiger partial charge in [0.2, 0.25) is 5.91 Å². The third kappa shape index (κ3) is 4.77. The summed E-state index contributed by atoms with van der Waals surface area (Å²) in [4.78, 5) is 35.9. The van der Waals surface area contributed by atoms with Crippen molar-refractivity contribution in [3.8, 4) is 0 Å². The molecule has 1 saturated heterocycles. The van der Waals surface area contributed by atoms with Gasteiger partial charge < -0.3 is 20.1 Å². The summed E-state index contributed by atoms with van der Waals surface area (Å²) in [5.41, 5.74) is 0.242. The standard InChI is InChI=1S/C14H22N2O5/c1-4-21-14(20)16-7-5-11(6-8-16)15-12(17)9(2)10(3)13(18)19/h11H,4-8H2,1-3H3,(H,15,17)(H,18,19)/b10-9-. The fourth-order valence-electron chi connectivity index (χ4n) is 2.05. The van der Waals surface area contributed by atoms with Crippen LogP contribution in [-0.2, 0) is 14.3 Å². The maximum atomic E-state index is 11.9. The quantitative estimate of drug-likeness (QED) is 0.759. The normalized spacial score (nSPS) is 17.0. The van der Waals surface area contributed by atoms with Crippen LogP contribution in [0.2, 0.25) is 0 Å². The number of carbonyl (C=O) groups is 3. The van der Waals surface area contributed by atoms with Crippen molar-refractivity contribution in [3.63, 3.8) is 0 Å². The lowest BCUT2D eigenvalue weighted by molar-refractivity contribution is -0.133. The highest BCUT2D eigenvalue weighted by Crippen LogP contribution is 2.13. The number of likely N-dealkylation sites (tertiary alicyclic amines) is 1. The lowest BCUT2D eigenvalue weighted by atomic mass is 10.0. The van der Waals surface area contributed by atoms with Crippen LogP contribution in [0.5, 0.6) is 0 Å². The van der Waals surface area contributed by atoms with E-state index in [1.54, 1.807) is 11.8 Å². The summed E-state index contributed by atoms with van der Waals surface area (Å²) in [6.45, 7) is 6.03. The minimum Gasteiger partial charge on any atom is -0.478 e. The molecule has 0 unspecified atom stereocenters. The molecular formula is C14H22N2O5. The van der Waals surface area contributed by atoms with Crippen LogP contribution < -0.4 is 5.32 Å². The summed E-state index contributed by atoms with van der Waals surface area (Å²) < 4.78 is 4.92. The zero-order valence-electron chi connectivity index (χ0n) is 12.6. The van der Waals surface area contributed by atoms with E-state index in [-0.39, 0.29) is 29.2 Å². The molecule has 2 amide bonds. The van der Waals surface area contributed by atoms with Crippen LogP contribution in [0.25, 0.3) is 0 Å². The molecule has 0 aromatic carbocycles. The number of hydrogen-bond donors (Lipinski definition) is 2. The van der Waals surface area contributed by atoms with Crippen LogP contribution in [0.3, 0.4) is 0 Å². The topological polar surface area (TPSA) is 95.9 Å². The molecule has 7 nitrogen and oxygen atoms in total. The molecule has 0 bridgehead atoms. The Bertz CT molecular complexity index is 450. The number of carboxylic acid groups (broad SMARTS) is 1. The molecule has 1 heterocycles. The van der Waals surface area contributed by atoms with E-state index in [0.29, 0.717) is 32.5 Å². The van der Waals surface area contributed by atoms with Gasteiger partial charge in [0.05, 0.1) is 6.61 Å². The summed E-state index contributed by atoms with van der Waals surface area (Å²) >= 11 is 0. The molecule has 118 valence electrons. The van der Waals surface area contributed by atoms with Crippen LogP contribution >= 0.6 is 0 Å². The largest absolute Gasteiger partial charge is 0.478 e. The van der Waals surface area contributed by atoms with Gasteiger partial charge in [0.1, 0.15) is 0 Å². The van der Waals surface area contributed by atoms with E-state index >= 15 is 0 Å². The molecule has 7 heteroatoms. The van der Waals surface area contributed by atoms with Gasteiger partial charge in [-0.05, 0) is 33.6 Å². The predicted molar refractivity (Wildman–Crippen MR) is 75.8 cm³/mol. The molecule has 0 atom stereocenters. The minimum atomic E-state index is -1.10. The molecule has 0 spiro atoms. The van der Waals surface area contributed by atoms with Gasteiger partial charge in [-0.2, -0.15) is 0 Å². The highest BCUT2D eigenvalue weighted by Gasteiger charge is 2.25. The number of ether oxygens (including phenoxy) is 1. The maximum absolute atomic E-state index is 11.9. The summed E-state index contributed by atoms with van der Waals surface area (Å²) in [6, 6.07) is -0.0558. The van der Waals surface area contributed by atoms with Gasteiger partial charge in [-0.25, -0.2) is 9.59 Å². The Hall–Kier alpha value is -2.05. The Morgan fingerprint density at radius 1 is 1.19 bits per heavy atom. The second kappa shape index (κ2) is 7.66. The number of carbonyl (C=O) groups excluding carboxylic acids is 2. The zero-order chi connectivity index (χ0) is 16.0. The van der Waals surface area contributed by atoms with Gasteiger partial charge in [0.15, 0.2) is 0 Å². The summed E-state index contributed by atoms with van der Waals surface area (Å²) in [5, 5.41) is 11.7. The number of piperidine rings is 1. The molecule has 0 aromatic rings. The smallest absolute Gasteiger partial charge is 0.409 e. The SMILES string of the molecule is CCOC(=O)N1CCC(NC(=O)/C(C)=C(/C)C(=O)O)CC1. The van der Waals surface area contributed by atoms with Crippen molar-refractivity contribution in [1.82, 2.24) is 10.2 Å². The number of amides is 2. The van der Waals surface area contributed by atoms with Crippen molar-refractivity contribution < 1.29 is 24.2 Å². The van der Waals surface area contributed by atoms with Crippen LogP contribution in [0.1, 0.15) is 33.6 Å². The van der Waals surface area contributed by atoms with E-state index in [4.69, 9.17) is 9.84 Å². The Morgan fingerprint density at radius 2 is 1.76 bits per heavy atom. The first-order valence-corrected chi connectivity index (χ1v) is 7.00. The molecule has 1 aliphatic heterocycles. The Labute approximate surface area is 123 Å². The Morgan fingerprint density at radius 3 is 2.24 bits per heavy atom. The van der Waals surface area contributed by atoms with Crippen molar-refractivity contribution >= 4 is 18.0 Å². The molecule has 0 radical (unpaired) electrons. The highest BCUT2D eigenvalue weighted by molar-refractivity contribution is 6.01. The summed E-state index contributed by atoms with van der Waals surface area (Å²) in [5.74, 6) is -1.47. The van der Waals surface area contributed by atoms with Gasteiger partial charge >= 0.3 is 12.1 Å². The highest BCUT2D eigenvalue weighted by atomic mass is 16.6. The molecule has 1 aliphatic rings. The second-order valence-electron chi connectivity index (χ2n) is 4.99. The van der Waals surface area contributed by atoms with E-state index in [2.05, 4.69) is 5.32 Å². The third-order valence-corrected chi connectivity index (χ3v) is 3.58. The van der Waals surface area contributed by atoms with Crippen molar-refractivity contribution in [2.75, 3.05) is 19.7 Å². The van der Waals surface area contributed by atoms with Gasteiger partial charge in [-0.15, -0.1) is 0 Å². The van der Waals surface area contributed by atoms with Gasteiger partial charge in [0.25, 0.3) is 0 Å². The average Bonchev–Trinajstić information content (AvgIpc) is 2.46. The van der Waals surface area contributed by atoms with Crippen LogP contribution in [0.4, 0.5) is 4.79 Å². The summed E-state index contributed by atoms with van der Waals surface area (Å²) in [7, 11) is 0. The van der Waals surface area contributed by atoms with Crippen molar-refractivity contribution in [2.24, 2.45) is 0 Å². The first-order chi connectivity index (χ1) is 9.86. The van der Waals surface area contributed by atoms with Crippen LogP contribution in [-0.4, -0.2) is 53.7 Å². The summed E-state index contributed by atoms with van der Waals surface area (Å²) in [6.07, 6.45) is 0.925. The monoisotopic (exact) mass is 298 g/mol. The molecule has 0 aromatic heterocycles. The van der Waals surface area contributed by atoms with E-state index in [1.807, 2.05) is 0 Å². The molecule has 1 rings (SSSR count). The van der Waals surface area contributed by atoms with E-state index in [0.717, 1.165) is 0 Å². The minimum absolute atomic E-state index is 0.0384. The van der Waals surface area contributed by atoms with Crippen LogP contribution in [0.15, 0.2) is 11.1 Å². The average molecular weight is 298 g/mol. The predicted octanol–water partition coefficient (Wildman–Crippen LogP) is 1.14. The number of rotatable bonds is 4. The molecule has 0 saturated carbocycles. The number of nitrogens with one attached hydrogen (secondary N) is 1. The van der Waals surface area contributed by atoms with Crippen molar-refractivity contribution in [2.45, 2.75) is 39.7 Å². The third-order valence-electron chi connectivity index (χ3n) is 3.58. The first-order valence-electron chi connectivity index (χ1n) is 7.00. The lowest BCUT2D eigenvalue weighted by Gasteiger charge is -2.31. The fraction of sp³-hybridized carbons (Fsp3) is 0.643. The van der Waals surface area contributed by atoms with Gasteiger partial charge in [-0.3, -0.25) is 4.79 Å². The van der Waals surface area contributed by atoms with Crippen molar-refractivity contribution in [1.29, 1.82) is 0 Å². The van der Waals surface area contributed by atoms with E-state index < -0.39 is 5.97 Å². The van der Waals surface area contributed by atoms with E-state index in [9.17, 15) is 14.4 Å². The maximum Gasteiger partial charge on any atom is 0.409 e. The number of aliphatic carboxylic acids is 1. The van der Waals surface area contributed by atoms with Gasteiger partial charge in [0, 0.05) is 30.3 Å². The molecule has 21 heavy (non-hydrogen) atoms. The van der Waals surface area contributed by atoms with E-state index in [1.165, 1.54) is 13.8 Å². The fourth-order valence-corrected chi connectivity index (χ4v) is 2.05. The zero-order valence-corrected chi connectivity index (χ0v) is 12.6. The molecule has 2 N–H and O–H groups in total. The van der Waals surface area contributed by atoms with Gasteiger partial charge in [-0.1, -0.05) is 0 Å².